The summed E-state index contributed by atoms with van der Waals surface area (Å²) in [6.07, 6.45) is 1.35. The van der Waals surface area contributed by atoms with Gasteiger partial charge in [-0.2, -0.15) is 0 Å². The molecule has 0 amide bonds. The summed E-state index contributed by atoms with van der Waals surface area (Å²) in [6.45, 7) is 9.69. The standard InChI is InChI=1S/C21H35N5O/c1-4-22-21(23-11-8-12-24(2)3)26-16-19-20(17-26)27-14-13-25(19)15-18-9-6-5-7-10-18/h5-7,9-10,19-20H,4,8,11-17H2,1-3H3,(H,22,23). The number of aliphatic imine (C=N–C) groups is 1. The Morgan fingerprint density at radius 2 is 2.07 bits per heavy atom. The Kier molecular flexibility index (Phi) is 7.50. The van der Waals surface area contributed by atoms with Crippen LogP contribution in [-0.2, 0) is 11.3 Å². The Balaban J connectivity index is 1.61. The Bertz CT molecular complexity index is 591. The van der Waals surface area contributed by atoms with Gasteiger partial charge in [0.25, 0.3) is 0 Å². The van der Waals surface area contributed by atoms with E-state index >= 15 is 0 Å². The average molecular weight is 374 g/mol. The highest BCUT2D eigenvalue weighted by Gasteiger charge is 2.41. The van der Waals surface area contributed by atoms with Crippen molar-refractivity contribution >= 4 is 5.96 Å². The fourth-order valence-electron chi connectivity index (χ4n) is 3.94. The van der Waals surface area contributed by atoms with Crippen LogP contribution in [0, 0.1) is 0 Å². The van der Waals surface area contributed by atoms with Crippen molar-refractivity contribution in [3.8, 4) is 0 Å². The number of nitrogens with one attached hydrogen (secondary N) is 1. The van der Waals surface area contributed by atoms with Crippen molar-refractivity contribution in [2.75, 3.05) is 60.0 Å². The highest BCUT2D eigenvalue weighted by molar-refractivity contribution is 5.80. The second-order valence-electron chi connectivity index (χ2n) is 7.73. The Labute approximate surface area is 164 Å². The first-order valence-corrected chi connectivity index (χ1v) is 10.2. The van der Waals surface area contributed by atoms with Crippen molar-refractivity contribution in [3.05, 3.63) is 35.9 Å². The third-order valence-electron chi connectivity index (χ3n) is 5.30. The molecule has 6 heteroatoms. The summed E-state index contributed by atoms with van der Waals surface area (Å²) in [5.74, 6) is 1.04. The summed E-state index contributed by atoms with van der Waals surface area (Å²) in [7, 11) is 4.22. The van der Waals surface area contributed by atoms with Gasteiger partial charge in [0.1, 0.15) is 0 Å². The van der Waals surface area contributed by atoms with Gasteiger partial charge in [-0.25, -0.2) is 0 Å². The molecule has 1 N–H and O–H groups in total. The van der Waals surface area contributed by atoms with Crippen LogP contribution < -0.4 is 5.32 Å². The number of benzene rings is 1. The lowest BCUT2D eigenvalue weighted by atomic mass is 10.1. The van der Waals surface area contributed by atoms with Gasteiger partial charge in [0.05, 0.1) is 18.8 Å². The first-order chi connectivity index (χ1) is 13.2. The summed E-state index contributed by atoms with van der Waals surface area (Å²) in [5, 5.41) is 3.48. The summed E-state index contributed by atoms with van der Waals surface area (Å²) in [4.78, 5) is 12.0. The minimum Gasteiger partial charge on any atom is -0.373 e. The molecular weight excluding hydrogens is 338 g/mol. The molecule has 2 heterocycles. The Morgan fingerprint density at radius 3 is 2.81 bits per heavy atom. The largest absolute Gasteiger partial charge is 0.373 e. The third kappa shape index (κ3) is 5.67. The van der Waals surface area contributed by atoms with Crippen molar-refractivity contribution in [2.24, 2.45) is 4.99 Å². The van der Waals surface area contributed by atoms with Gasteiger partial charge >= 0.3 is 0 Å². The molecule has 2 saturated heterocycles. The molecule has 0 saturated carbocycles. The maximum atomic E-state index is 6.11. The summed E-state index contributed by atoms with van der Waals surface area (Å²) >= 11 is 0. The fraction of sp³-hybridized carbons (Fsp3) is 0.667. The van der Waals surface area contributed by atoms with Crippen LogP contribution in [0.25, 0.3) is 0 Å². The maximum absolute atomic E-state index is 6.11. The van der Waals surface area contributed by atoms with Crippen LogP contribution in [0.1, 0.15) is 18.9 Å². The van der Waals surface area contributed by atoms with Gasteiger partial charge in [0.15, 0.2) is 5.96 Å². The molecule has 2 aliphatic rings. The number of fused-ring (bicyclic) bond motifs is 1. The first kappa shape index (κ1) is 20.1. The number of likely N-dealkylation sites (tertiary alicyclic amines) is 1. The van der Waals surface area contributed by atoms with E-state index in [0.717, 1.165) is 64.8 Å². The zero-order valence-corrected chi connectivity index (χ0v) is 17.1. The van der Waals surface area contributed by atoms with E-state index in [4.69, 9.17) is 9.73 Å². The van der Waals surface area contributed by atoms with Gasteiger partial charge in [-0.15, -0.1) is 0 Å². The number of hydrogen-bond acceptors (Lipinski definition) is 4. The number of hydrogen-bond donors (Lipinski definition) is 1. The summed E-state index contributed by atoms with van der Waals surface area (Å²) in [6, 6.07) is 11.2. The Morgan fingerprint density at radius 1 is 1.26 bits per heavy atom. The van der Waals surface area contributed by atoms with E-state index in [1.54, 1.807) is 0 Å². The zero-order chi connectivity index (χ0) is 19.1. The second-order valence-corrected chi connectivity index (χ2v) is 7.73. The van der Waals surface area contributed by atoms with E-state index in [2.05, 4.69) is 71.4 Å². The van der Waals surface area contributed by atoms with Crippen molar-refractivity contribution in [1.29, 1.82) is 0 Å². The lowest BCUT2D eigenvalue weighted by Crippen LogP contribution is -2.50. The highest BCUT2D eigenvalue weighted by atomic mass is 16.5. The molecule has 3 rings (SSSR count). The molecular formula is C21H35N5O. The van der Waals surface area contributed by atoms with E-state index in [0.29, 0.717) is 6.04 Å². The van der Waals surface area contributed by atoms with Crippen LogP contribution in [0.3, 0.4) is 0 Å². The molecule has 2 fully saturated rings. The van der Waals surface area contributed by atoms with E-state index in [1.165, 1.54) is 5.56 Å². The molecule has 27 heavy (non-hydrogen) atoms. The summed E-state index contributed by atoms with van der Waals surface area (Å²) < 4.78 is 6.11. The van der Waals surface area contributed by atoms with Crippen LogP contribution >= 0.6 is 0 Å². The molecule has 0 spiro atoms. The van der Waals surface area contributed by atoms with Crippen molar-refractivity contribution < 1.29 is 4.74 Å². The maximum Gasteiger partial charge on any atom is 0.194 e. The zero-order valence-electron chi connectivity index (χ0n) is 17.1. The lowest BCUT2D eigenvalue weighted by molar-refractivity contribution is -0.0502. The normalized spacial score (nSPS) is 23.7. The van der Waals surface area contributed by atoms with Crippen LogP contribution in [0.4, 0.5) is 0 Å². The predicted molar refractivity (Wildman–Crippen MR) is 111 cm³/mol. The van der Waals surface area contributed by atoms with E-state index in [9.17, 15) is 0 Å². The van der Waals surface area contributed by atoms with Crippen LogP contribution in [0.5, 0.6) is 0 Å². The van der Waals surface area contributed by atoms with Crippen LogP contribution in [0.2, 0.25) is 0 Å². The number of rotatable bonds is 7. The van der Waals surface area contributed by atoms with E-state index in [-0.39, 0.29) is 6.10 Å². The van der Waals surface area contributed by atoms with Gasteiger partial charge in [-0.05, 0) is 39.5 Å². The Hall–Kier alpha value is -1.63. The third-order valence-corrected chi connectivity index (χ3v) is 5.30. The van der Waals surface area contributed by atoms with Crippen molar-refractivity contribution in [1.82, 2.24) is 20.0 Å². The number of morpholine rings is 1. The number of ether oxygens (including phenoxy) is 1. The van der Waals surface area contributed by atoms with E-state index in [1.807, 2.05) is 0 Å². The second kappa shape index (κ2) is 10.1. The van der Waals surface area contributed by atoms with Crippen LogP contribution in [-0.4, -0.2) is 92.8 Å². The van der Waals surface area contributed by atoms with Gasteiger partial charge in [-0.3, -0.25) is 9.89 Å². The SMILES string of the molecule is CCNC(=NCCCN(C)C)N1CC2OCCN(Cc3ccccc3)C2C1. The average Bonchev–Trinajstić information content (AvgIpc) is 3.10. The molecule has 0 bridgehead atoms. The molecule has 150 valence electrons. The van der Waals surface area contributed by atoms with Gasteiger partial charge in [0.2, 0.25) is 0 Å². The molecule has 0 aromatic heterocycles. The topological polar surface area (TPSA) is 43.3 Å². The molecule has 1 aromatic carbocycles. The first-order valence-electron chi connectivity index (χ1n) is 10.2. The smallest absolute Gasteiger partial charge is 0.194 e. The lowest BCUT2D eigenvalue weighted by Gasteiger charge is -2.36. The minimum atomic E-state index is 0.271. The predicted octanol–water partition coefficient (Wildman–Crippen LogP) is 1.49. The molecule has 2 aliphatic heterocycles. The fourth-order valence-corrected chi connectivity index (χ4v) is 3.94. The van der Waals surface area contributed by atoms with Crippen LogP contribution in [0.15, 0.2) is 35.3 Å². The van der Waals surface area contributed by atoms with Gasteiger partial charge in [0, 0.05) is 39.3 Å². The van der Waals surface area contributed by atoms with Crippen molar-refractivity contribution in [3.63, 3.8) is 0 Å². The molecule has 6 nitrogen and oxygen atoms in total. The number of nitrogens with zero attached hydrogens (tertiary/aromatic N) is 4. The van der Waals surface area contributed by atoms with Crippen molar-refractivity contribution in [2.45, 2.75) is 32.0 Å². The molecule has 2 unspecified atom stereocenters. The molecule has 1 aromatic rings. The minimum absolute atomic E-state index is 0.271. The molecule has 2 atom stereocenters. The van der Waals surface area contributed by atoms with Gasteiger partial charge < -0.3 is 19.9 Å². The monoisotopic (exact) mass is 373 g/mol. The van der Waals surface area contributed by atoms with Gasteiger partial charge in [-0.1, -0.05) is 30.3 Å². The number of guanidine groups is 1. The summed E-state index contributed by atoms with van der Waals surface area (Å²) in [5.41, 5.74) is 1.38. The highest BCUT2D eigenvalue weighted by Crippen LogP contribution is 2.24. The molecule has 0 radical (unpaired) electrons. The van der Waals surface area contributed by atoms with E-state index < -0.39 is 0 Å². The molecule has 0 aliphatic carbocycles. The quantitative estimate of drug-likeness (QED) is 0.446.